The SMILES string of the molecule is COC1(CCl)CCCCC1. The van der Waals surface area contributed by atoms with Gasteiger partial charge >= 0.3 is 0 Å². The van der Waals surface area contributed by atoms with Gasteiger partial charge in [-0.15, -0.1) is 11.6 Å². The lowest BCUT2D eigenvalue weighted by molar-refractivity contribution is -0.0201. The number of ether oxygens (including phenoxy) is 1. The zero-order valence-electron chi connectivity index (χ0n) is 6.53. The molecule has 1 aliphatic carbocycles. The summed E-state index contributed by atoms with van der Waals surface area (Å²) in [6.07, 6.45) is 6.20. The molecule has 0 atom stereocenters. The minimum atomic E-state index is 0.0276. The fraction of sp³-hybridized carbons (Fsp3) is 1.00. The van der Waals surface area contributed by atoms with Crippen molar-refractivity contribution in [2.45, 2.75) is 37.7 Å². The topological polar surface area (TPSA) is 9.23 Å². The molecule has 0 radical (unpaired) electrons. The Bertz CT molecular complexity index is 91.4. The number of methoxy groups -OCH3 is 1. The lowest BCUT2D eigenvalue weighted by Crippen LogP contribution is -2.35. The van der Waals surface area contributed by atoms with E-state index in [0.717, 1.165) is 12.8 Å². The summed E-state index contributed by atoms with van der Waals surface area (Å²) < 4.78 is 5.40. The second-order valence-electron chi connectivity index (χ2n) is 3.08. The van der Waals surface area contributed by atoms with Crippen molar-refractivity contribution < 1.29 is 4.74 Å². The van der Waals surface area contributed by atoms with Crippen LogP contribution in [0.15, 0.2) is 0 Å². The Morgan fingerprint density at radius 3 is 2.20 bits per heavy atom. The molecule has 1 nitrogen and oxygen atoms in total. The van der Waals surface area contributed by atoms with Crippen molar-refractivity contribution >= 4 is 11.6 Å². The predicted octanol–water partition coefficient (Wildman–Crippen LogP) is 2.57. The Kier molecular flexibility index (Phi) is 2.99. The maximum atomic E-state index is 5.81. The summed E-state index contributed by atoms with van der Waals surface area (Å²) in [4.78, 5) is 0. The number of hydrogen-bond acceptors (Lipinski definition) is 1. The smallest absolute Gasteiger partial charge is 0.0813 e. The molecule has 2 heteroatoms. The summed E-state index contributed by atoms with van der Waals surface area (Å²) in [5.74, 6) is 0.656. The molecule has 0 bridgehead atoms. The van der Waals surface area contributed by atoms with E-state index in [1.165, 1.54) is 19.3 Å². The summed E-state index contributed by atoms with van der Waals surface area (Å²) in [6, 6.07) is 0. The van der Waals surface area contributed by atoms with Crippen LogP contribution in [0.25, 0.3) is 0 Å². The number of alkyl halides is 1. The lowest BCUT2D eigenvalue weighted by atomic mass is 9.86. The van der Waals surface area contributed by atoms with Crippen molar-refractivity contribution in [3.05, 3.63) is 0 Å². The van der Waals surface area contributed by atoms with E-state index >= 15 is 0 Å². The minimum absolute atomic E-state index is 0.0276. The average molecular weight is 163 g/mol. The van der Waals surface area contributed by atoms with Crippen LogP contribution in [-0.4, -0.2) is 18.6 Å². The summed E-state index contributed by atoms with van der Waals surface area (Å²) in [5, 5.41) is 0. The first-order valence-electron chi connectivity index (χ1n) is 3.94. The van der Waals surface area contributed by atoms with Gasteiger partial charge in [0.2, 0.25) is 0 Å². The quantitative estimate of drug-likeness (QED) is 0.568. The van der Waals surface area contributed by atoms with Gasteiger partial charge in [0.05, 0.1) is 11.5 Å². The maximum Gasteiger partial charge on any atom is 0.0813 e. The predicted molar refractivity (Wildman–Crippen MR) is 43.5 cm³/mol. The maximum absolute atomic E-state index is 5.81. The summed E-state index contributed by atoms with van der Waals surface area (Å²) in [5.41, 5.74) is 0.0276. The van der Waals surface area contributed by atoms with Crippen LogP contribution in [0.3, 0.4) is 0 Å². The van der Waals surface area contributed by atoms with Crippen molar-refractivity contribution in [2.24, 2.45) is 0 Å². The van der Waals surface area contributed by atoms with Crippen LogP contribution >= 0.6 is 11.6 Å². The fourth-order valence-corrected chi connectivity index (χ4v) is 1.96. The van der Waals surface area contributed by atoms with Gasteiger partial charge in [-0.3, -0.25) is 0 Å². The fourth-order valence-electron chi connectivity index (χ4n) is 1.59. The molecule has 0 aromatic rings. The molecule has 0 spiro atoms. The molecule has 0 unspecified atom stereocenters. The van der Waals surface area contributed by atoms with Gasteiger partial charge in [0.1, 0.15) is 0 Å². The highest BCUT2D eigenvalue weighted by molar-refractivity contribution is 6.18. The first-order valence-corrected chi connectivity index (χ1v) is 4.47. The zero-order valence-corrected chi connectivity index (χ0v) is 7.28. The van der Waals surface area contributed by atoms with Gasteiger partial charge in [0.15, 0.2) is 0 Å². The molecule has 1 fully saturated rings. The van der Waals surface area contributed by atoms with Gasteiger partial charge in [-0.2, -0.15) is 0 Å². The highest BCUT2D eigenvalue weighted by Crippen LogP contribution is 2.31. The second kappa shape index (κ2) is 3.59. The molecule has 1 saturated carbocycles. The zero-order chi connectivity index (χ0) is 7.45. The molecule has 0 heterocycles. The number of halogens is 1. The van der Waals surface area contributed by atoms with Crippen molar-refractivity contribution in [3.63, 3.8) is 0 Å². The molecule has 1 aliphatic rings. The molecule has 0 aromatic heterocycles. The lowest BCUT2D eigenvalue weighted by Gasteiger charge is -2.33. The van der Waals surface area contributed by atoms with Crippen molar-refractivity contribution in [2.75, 3.05) is 13.0 Å². The van der Waals surface area contributed by atoms with Crippen molar-refractivity contribution in [1.29, 1.82) is 0 Å². The van der Waals surface area contributed by atoms with Gasteiger partial charge in [0.25, 0.3) is 0 Å². The molecular formula is C8H15ClO. The first kappa shape index (κ1) is 8.35. The molecule has 0 saturated heterocycles. The van der Waals surface area contributed by atoms with Gasteiger partial charge in [-0.05, 0) is 12.8 Å². The van der Waals surface area contributed by atoms with Gasteiger partial charge in [-0.25, -0.2) is 0 Å². The van der Waals surface area contributed by atoms with E-state index < -0.39 is 0 Å². The molecule has 10 heavy (non-hydrogen) atoms. The molecule has 0 aliphatic heterocycles. The van der Waals surface area contributed by atoms with Crippen LogP contribution < -0.4 is 0 Å². The highest BCUT2D eigenvalue weighted by Gasteiger charge is 2.30. The minimum Gasteiger partial charge on any atom is -0.377 e. The largest absolute Gasteiger partial charge is 0.377 e. The number of rotatable bonds is 2. The number of hydrogen-bond donors (Lipinski definition) is 0. The van der Waals surface area contributed by atoms with Gasteiger partial charge in [-0.1, -0.05) is 19.3 Å². The first-order chi connectivity index (χ1) is 4.83. The standard InChI is InChI=1S/C8H15ClO/c1-10-8(7-9)5-3-2-4-6-8/h2-7H2,1H3. The third-order valence-electron chi connectivity index (χ3n) is 2.44. The van der Waals surface area contributed by atoms with E-state index in [9.17, 15) is 0 Å². The van der Waals surface area contributed by atoms with Crippen LogP contribution in [-0.2, 0) is 4.74 Å². The monoisotopic (exact) mass is 162 g/mol. The van der Waals surface area contributed by atoms with Gasteiger partial charge in [0, 0.05) is 7.11 Å². The van der Waals surface area contributed by atoms with Crippen molar-refractivity contribution in [3.8, 4) is 0 Å². The summed E-state index contributed by atoms with van der Waals surface area (Å²) in [6.45, 7) is 0. The Labute approximate surface area is 67.7 Å². The molecular weight excluding hydrogens is 148 g/mol. The van der Waals surface area contributed by atoms with E-state index in [1.807, 2.05) is 0 Å². The van der Waals surface area contributed by atoms with E-state index in [1.54, 1.807) is 7.11 Å². The summed E-state index contributed by atoms with van der Waals surface area (Å²) >= 11 is 5.81. The third-order valence-corrected chi connectivity index (χ3v) is 2.93. The Morgan fingerprint density at radius 1 is 1.30 bits per heavy atom. The van der Waals surface area contributed by atoms with Crippen molar-refractivity contribution in [1.82, 2.24) is 0 Å². The molecule has 0 aromatic carbocycles. The highest BCUT2D eigenvalue weighted by atomic mass is 35.5. The van der Waals surface area contributed by atoms with E-state index in [-0.39, 0.29) is 5.60 Å². The van der Waals surface area contributed by atoms with Crippen LogP contribution in [0, 0.1) is 0 Å². The molecule has 60 valence electrons. The summed E-state index contributed by atoms with van der Waals surface area (Å²) in [7, 11) is 1.77. The second-order valence-corrected chi connectivity index (χ2v) is 3.35. The van der Waals surface area contributed by atoms with Crippen LogP contribution in [0.2, 0.25) is 0 Å². The Balaban J connectivity index is 2.44. The Hall–Kier alpha value is 0.250. The van der Waals surface area contributed by atoms with Gasteiger partial charge < -0.3 is 4.74 Å². The normalized spacial score (nSPS) is 24.6. The van der Waals surface area contributed by atoms with E-state index in [2.05, 4.69) is 0 Å². The van der Waals surface area contributed by atoms with E-state index in [4.69, 9.17) is 16.3 Å². The van der Waals surface area contributed by atoms with Crippen LogP contribution in [0.5, 0.6) is 0 Å². The Morgan fingerprint density at radius 2 is 1.90 bits per heavy atom. The van der Waals surface area contributed by atoms with Crippen LogP contribution in [0.1, 0.15) is 32.1 Å². The average Bonchev–Trinajstić information content (AvgIpc) is 2.06. The molecule has 0 N–H and O–H groups in total. The third kappa shape index (κ3) is 1.64. The van der Waals surface area contributed by atoms with Crippen LogP contribution in [0.4, 0.5) is 0 Å². The molecule has 1 rings (SSSR count). The van der Waals surface area contributed by atoms with E-state index in [0.29, 0.717) is 5.88 Å². The molecule has 0 amide bonds.